The van der Waals surface area contributed by atoms with Crippen LogP contribution < -0.4 is 0 Å². The second-order valence-electron chi connectivity index (χ2n) is 5.78. The number of unbranched alkanes of at least 4 members (excludes halogenated alkanes) is 1. The van der Waals surface area contributed by atoms with E-state index in [4.69, 9.17) is 4.74 Å². The van der Waals surface area contributed by atoms with Crippen molar-refractivity contribution in [1.82, 2.24) is 0 Å². The summed E-state index contributed by atoms with van der Waals surface area (Å²) >= 11 is 0. The van der Waals surface area contributed by atoms with Crippen LogP contribution in [0.3, 0.4) is 0 Å². The topological polar surface area (TPSA) is 63.6 Å². The monoisotopic (exact) mass is 320 g/mol. The summed E-state index contributed by atoms with van der Waals surface area (Å²) in [5, 5.41) is 9.54. The smallest absolute Gasteiger partial charge is 0.324 e. The molecule has 0 saturated heterocycles. The maximum Gasteiger partial charge on any atom is 0.324 e. The first-order valence-electron chi connectivity index (χ1n) is 8.54. The minimum Gasteiger partial charge on any atom is -0.480 e. The van der Waals surface area contributed by atoms with E-state index in [9.17, 15) is 14.7 Å². The van der Waals surface area contributed by atoms with Gasteiger partial charge in [0.15, 0.2) is 5.92 Å². The molecule has 0 aliphatic carbocycles. The quantitative estimate of drug-likeness (QED) is 0.509. The molecule has 1 rings (SSSR count). The van der Waals surface area contributed by atoms with Gasteiger partial charge in [-0.05, 0) is 36.8 Å². The fourth-order valence-corrected chi connectivity index (χ4v) is 2.99. The van der Waals surface area contributed by atoms with Gasteiger partial charge >= 0.3 is 11.9 Å². The number of hydrogen-bond donors (Lipinski definition) is 1. The summed E-state index contributed by atoms with van der Waals surface area (Å²) < 4.78 is 4.98. The molecule has 0 aliphatic rings. The van der Waals surface area contributed by atoms with Crippen molar-refractivity contribution in [2.45, 2.75) is 64.7 Å². The molecule has 128 valence electrons. The Morgan fingerprint density at radius 1 is 1.04 bits per heavy atom. The minimum atomic E-state index is -1.24. The highest BCUT2D eigenvalue weighted by Crippen LogP contribution is 2.33. The lowest BCUT2D eigenvalue weighted by atomic mass is 9.82. The summed E-state index contributed by atoms with van der Waals surface area (Å²) in [6, 6.07) is 7.41. The van der Waals surface area contributed by atoms with Gasteiger partial charge in [-0.15, -0.1) is 0 Å². The maximum absolute atomic E-state index is 12.1. The van der Waals surface area contributed by atoms with Gasteiger partial charge < -0.3 is 9.84 Å². The number of hydrogen-bond acceptors (Lipinski definition) is 3. The van der Waals surface area contributed by atoms with Gasteiger partial charge in [0.05, 0.1) is 6.61 Å². The molecule has 0 heterocycles. The summed E-state index contributed by atoms with van der Waals surface area (Å²) in [5.74, 6) is -2.79. The van der Waals surface area contributed by atoms with Gasteiger partial charge in [0.1, 0.15) is 0 Å². The molecule has 1 aromatic rings. The summed E-state index contributed by atoms with van der Waals surface area (Å²) in [5.41, 5.74) is 1.55. The molecule has 0 saturated carbocycles. The van der Waals surface area contributed by atoms with Gasteiger partial charge in [0.2, 0.25) is 0 Å². The van der Waals surface area contributed by atoms with Gasteiger partial charge in [0.25, 0.3) is 0 Å². The van der Waals surface area contributed by atoms with Gasteiger partial charge in [0, 0.05) is 0 Å². The molecule has 4 heteroatoms. The van der Waals surface area contributed by atoms with Crippen molar-refractivity contribution in [3.8, 4) is 0 Å². The Morgan fingerprint density at radius 2 is 1.70 bits per heavy atom. The van der Waals surface area contributed by atoms with Gasteiger partial charge in [-0.25, -0.2) is 0 Å². The molecule has 0 spiro atoms. The van der Waals surface area contributed by atoms with Crippen LogP contribution in [0.15, 0.2) is 24.3 Å². The van der Waals surface area contributed by atoms with E-state index in [1.54, 1.807) is 19.1 Å². The number of aliphatic carboxylic acids is 1. The minimum absolute atomic E-state index is 0.180. The van der Waals surface area contributed by atoms with Crippen LogP contribution in [0.1, 0.15) is 75.8 Å². The second-order valence-corrected chi connectivity index (χ2v) is 5.78. The SMILES string of the molecule is CCCCC(CCC)c1ccccc1C(C(=O)O)C(=O)OCC. The third-order valence-electron chi connectivity index (χ3n) is 4.06. The Hall–Kier alpha value is -1.84. The van der Waals surface area contributed by atoms with E-state index in [-0.39, 0.29) is 12.5 Å². The molecule has 0 aliphatic heterocycles. The molecule has 1 aromatic carbocycles. The zero-order valence-electron chi connectivity index (χ0n) is 14.4. The lowest BCUT2D eigenvalue weighted by Crippen LogP contribution is -2.25. The Balaban J connectivity index is 3.23. The fourth-order valence-electron chi connectivity index (χ4n) is 2.99. The van der Waals surface area contributed by atoms with Crippen molar-refractivity contribution in [2.75, 3.05) is 6.61 Å². The molecule has 4 nitrogen and oxygen atoms in total. The predicted octanol–water partition coefficient (Wildman–Crippen LogP) is 4.49. The Morgan fingerprint density at radius 3 is 2.22 bits per heavy atom. The standard InChI is InChI=1S/C19H28O4/c1-4-7-11-14(10-5-2)15-12-8-9-13-16(15)17(18(20)21)19(22)23-6-3/h8-9,12-14,17H,4-7,10-11H2,1-3H3,(H,20,21). The highest BCUT2D eigenvalue weighted by Gasteiger charge is 2.32. The van der Waals surface area contributed by atoms with E-state index in [1.165, 1.54) is 0 Å². The Labute approximate surface area is 138 Å². The van der Waals surface area contributed by atoms with Crippen LogP contribution in [-0.4, -0.2) is 23.7 Å². The van der Waals surface area contributed by atoms with E-state index < -0.39 is 17.9 Å². The van der Waals surface area contributed by atoms with Crippen LogP contribution >= 0.6 is 0 Å². The lowest BCUT2D eigenvalue weighted by Gasteiger charge is -2.22. The average molecular weight is 320 g/mol. The zero-order valence-corrected chi connectivity index (χ0v) is 14.4. The van der Waals surface area contributed by atoms with Gasteiger partial charge in [-0.2, -0.15) is 0 Å². The highest BCUT2D eigenvalue weighted by atomic mass is 16.5. The Bertz CT molecular complexity index is 510. The van der Waals surface area contributed by atoms with Crippen molar-refractivity contribution in [3.05, 3.63) is 35.4 Å². The zero-order chi connectivity index (χ0) is 17.2. The van der Waals surface area contributed by atoms with Crippen LogP contribution in [0, 0.1) is 0 Å². The van der Waals surface area contributed by atoms with Crippen LogP contribution in [-0.2, 0) is 14.3 Å². The van der Waals surface area contributed by atoms with Crippen molar-refractivity contribution in [2.24, 2.45) is 0 Å². The molecule has 23 heavy (non-hydrogen) atoms. The highest BCUT2D eigenvalue weighted by molar-refractivity contribution is 6.00. The number of carbonyl (C=O) groups excluding carboxylic acids is 1. The molecule has 0 fully saturated rings. The van der Waals surface area contributed by atoms with Crippen LogP contribution in [0.25, 0.3) is 0 Å². The third kappa shape index (κ3) is 5.38. The Kier molecular flexibility index (Phi) is 8.38. The fraction of sp³-hybridized carbons (Fsp3) is 0.579. The predicted molar refractivity (Wildman–Crippen MR) is 90.6 cm³/mol. The van der Waals surface area contributed by atoms with Crippen LogP contribution in [0.5, 0.6) is 0 Å². The maximum atomic E-state index is 12.1. The number of carboxylic acids is 1. The largest absolute Gasteiger partial charge is 0.480 e. The molecular formula is C19H28O4. The van der Waals surface area contributed by atoms with Crippen LogP contribution in [0.4, 0.5) is 0 Å². The van der Waals surface area contributed by atoms with E-state index >= 15 is 0 Å². The summed E-state index contributed by atoms with van der Waals surface area (Å²) in [6.45, 7) is 6.14. The van der Waals surface area contributed by atoms with E-state index in [0.29, 0.717) is 5.56 Å². The summed E-state index contributed by atoms with van der Waals surface area (Å²) in [6.07, 6.45) is 5.22. The molecule has 0 aromatic heterocycles. The molecule has 2 atom stereocenters. The summed E-state index contributed by atoms with van der Waals surface area (Å²) in [7, 11) is 0. The first-order chi connectivity index (χ1) is 11.1. The molecular weight excluding hydrogens is 292 g/mol. The number of ether oxygens (including phenoxy) is 1. The van der Waals surface area contributed by atoms with E-state index in [1.807, 2.05) is 12.1 Å². The molecule has 0 bridgehead atoms. The van der Waals surface area contributed by atoms with Gasteiger partial charge in [-0.1, -0.05) is 57.4 Å². The second kappa shape index (κ2) is 10.0. The number of esters is 1. The van der Waals surface area contributed by atoms with Crippen molar-refractivity contribution < 1.29 is 19.4 Å². The normalized spacial score (nSPS) is 13.3. The number of carbonyl (C=O) groups is 2. The number of carboxylic acid groups (broad SMARTS) is 1. The molecule has 0 amide bonds. The third-order valence-corrected chi connectivity index (χ3v) is 4.06. The average Bonchev–Trinajstić information content (AvgIpc) is 2.52. The van der Waals surface area contributed by atoms with Crippen molar-refractivity contribution >= 4 is 11.9 Å². The molecule has 1 N–H and O–H groups in total. The molecule has 0 radical (unpaired) electrons. The van der Waals surface area contributed by atoms with E-state index in [0.717, 1.165) is 37.7 Å². The van der Waals surface area contributed by atoms with Crippen LogP contribution in [0.2, 0.25) is 0 Å². The van der Waals surface area contributed by atoms with E-state index in [2.05, 4.69) is 13.8 Å². The van der Waals surface area contributed by atoms with Gasteiger partial charge in [-0.3, -0.25) is 9.59 Å². The number of benzene rings is 1. The van der Waals surface area contributed by atoms with Crippen molar-refractivity contribution in [1.29, 1.82) is 0 Å². The first kappa shape index (κ1) is 19.2. The lowest BCUT2D eigenvalue weighted by molar-refractivity contribution is -0.153. The molecule has 2 unspecified atom stereocenters. The first-order valence-corrected chi connectivity index (χ1v) is 8.54. The van der Waals surface area contributed by atoms with Crippen molar-refractivity contribution in [3.63, 3.8) is 0 Å². The number of rotatable bonds is 10. The summed E-state index contributed by atoms with van der Waals surface area (Å²) in [4.78, 5) is 23.8.